The lowest BCUT2D eigenvalue weighted by Crippen LogP contribution is -2.27. The highest BCUT2D eigenvalue weighted by atomic mass is 16.1. The Morgan fingerprint density at radius 2 is 1.86 bits per heavy atom. The molecule has 1 aliphatic rings. The van der Waals surface area contributed by atoms with Crippen LogP contribution in [0.2, 0.25) is 0 Å². The van der Waals surface area contributed by atoms with Gasteiger partial charge in [-0.25, -0.2) is 0 Å². The number of carbonyl (C=O) groups excluding carboxylic acids is 1. The number of aromatic amines is 1. The number of rotatable bonds is 6. The first-order chi connectivity index (χ1) is 13.8. The molecular weight excluding hydrogens is 350 g/mol. The predicted molar refractivity (Wildman–Crippen MR) is 111 cm³/mol. The summed E-state index contributed by atoms with van der Waals surface area (Å²) in [6.45, 7) is 0.560. The highest BCUT2D eigenvalue weighted by molar-refractivity contribution is 5.92. The van der Waals surface area contributed by atoms with Crippen LogP contribution in [0.15, 0.2) is 42.6 Å². The fraction of sp³-hybridized carbons (Fsp3) is 0.409. The number of nitrogens with zero attached hydrogens (tertiary/aromatic N) is 2. The van der Waals surface area contributed by atoms with Crippen LogP contribution in [-0.2, 0) is 6.42 Å². The molecule has 2 aromatic heterocycles. The summed E-state index contributed by atoms with van der Waals surface area (Å²) < 4.78 is 0. The predicted octanol–water partition coefficient (Wildman–Crippen LogP) is 4.07. The average Bonchev–Trinajstić information content (AvgIpc) is 2.96. The molecular formula is C22H27N5O. The molecule has 1 aliphatic carbocycles. The van der Waals surface area contributed by atoms with Gasteiger partial charge in [-0.2, -0.15) is 0 Å². The van der Waals surface area contributed by atoms with Crippen molar-refractivity contribution in [3.05, 3.63) is 53.9 Å². The number of carbonyl (C=O) groups is 1. The number of para-hydroxylation sites is 1. The molecule has 6 heteroatoms. The van der Waals surface area contributed by atoms with Crippen LogP contribution in [0.25, 0.3) is 10.9 Å². The van der Waals surface area contributed by atoms with E-state index in [1.165, 1.54) is 49.5 Å². The van der Waals surface area contributed by atoms with E-state index in [-0.39, 0.29) is 5.91 Å². The lowest BCUT2D eigenvalue weighted by atomic mass is 10.1. The fourth-order valence-corrected chi connectivity index (χ4v) is 3.90. The average molecular weight is 377 g/mol. The van der Waals surface area contributed by atoms with E-state index in [4.69, 9.17) is 0 Å². The smallest absolute Gasteiger partial charge is 0.271 e. The van der Waals surface area contributed by atoms with Gasteiger partial charge < -0.3 is 15.6 Å². The van der Waals surface area contributed by atoms with Crippen LogP contribution in [0.1, 0.15) is 54.6 Å². The third kappa shape index (κ3) is 4.50. The minimum atomic E-state index is -0.187. The number of hydrogen-bond acceptors (Lipinski definition) is 4. The molecule has 0 aliphatic heterocycles. The van der Waals surface area contributed by atoms with Crippen molar-refractivity contribution in [2.45, 2.75) is 51.0 Å². The van der Waals surface area contributed by atoms with Crippen molar-refractivity contribution in [3.63, 3.8) is 0 Å². The van der Waals surface area contributed by atoms with Gasteiger partial charge in [0.05, 0.1) is 0 Å². The third-order valence-electron chi connectivity index (χ3n) is 5.46. The number of nitrogens with one attached hydrogen (secondary N) is 3. The molecule has 2 heterocycles. The standard InChI is InChI=1S/C22H27N5O/c28-22(23-14-13-16-15-24-19-10-6-5-9-18(16)19)20-11-12-21(27-26-20)25-17-7-3-1-2-4-8-17/h5-6,9-12,15,17,24H,1-4,7-8,13-14H2,(H,23,28)(H,25,27). The van der Waals surface area contributed by atoms with E-state index in [0.717, 1.165) is 17.8 Å². The summed E-state index contributed by atoms with van der Waals surface area (Å²) >= 11 is 0. The molecule has 0 unspecified atom stereocenters. The summed E-state index contributed by atoms with van der Waals surface area (Å²) in [5.41, 5.74) is 2.67. The van der Waals surface area contributed by atoms with Gasteiger partial charge in [0.2, 0.25) is 0 Å². The van der Waals surface area contributed by atoms with Crippen molar-refractivity contribution in [3.8, 4) is 0 Å². The van der Waals surface area contributed by atoms with Crippen LogP contribution in [0.4, 0.5) is 5.82 Å². The van der Waals surface area contributed by atoms with Gasteiger partial charge in [0.25, 0.3) is 5.91 Å². The zero-order valence-corrected chi connectivity index (χ0v) is 16.1. The maximum atomic E-state index is 12.3. The first kappa shape index (κ1) is 18.5. The number of anilines is 1. The Bertz CT molecular complexity index is 910. The van der Waals surface area contributed by atoms with Gasteiger partial charge in [-0.3, -0.25) is 4.79 Å². The highest BCUT2D eigenvalue weighted by Gasteiger charge is 2.14. The molecule has 0 radical (unpaired) electrons. The minimum absolute atomic E-state index is 0.187. The summed E-state index contributed by atoms with van der Waals surface area (Å²) in [4.78, 5) is 15.6. The second-order valence-electron chi connectivity index (χ2n) is 7.50. The van der Waals surface area contributed by atoms with Gasteiger partial charge in [0.15, 0.2) is 5.69 Å². The topological polar surface area (TPSA) is 82.7 Å². The van der Waals surface area contributed by atoms with Crippen molar-refractivity contribution in [2.75, 3.05) is 11.9 Å². The van der Waals surface area contributed by atoms with Gasteiger partial charge in [-0.1, -0.05) is 43.9 Å². The molecule has 3 N–H and O–H groups in total. The van der Waals surface area contributed by atoms with E-state index in [9.17, 15) is 4.79 Å². The van der Waals surface area contributed by atoms with Gasteiger partial charge in [-0.05, 0) is 43.0 Å². The van der Waals surface area contributed by atoms with Crippen LogP contribution in [0.3, 0.4) is 0 Å². The molecule has 146 valence electrons. The van der Waals surface area contributed by atoms with Crippen molar-refractivity contribution in [2.24, 2.45) is 0 Å². The Balaban J connectivity index is 1.28. The summed E-state index contributed by atoms with van der Waals surface area (Å²) in [6.07, 6.45) is 10.3. The SMILES string of the molecule is O=C(NCCc1c[nH]c2ccccc12)c1ccc(NC2CCCCCC2)nn1. The van der Waals surface area contributed by atoms with Gasteiger partial charge in [-0.15, -0.1) is 10.2 Å². The molecule has 1 amide bonds. The lowest BCUT2D eigenvalue weighted by molar-refractivity contribution is 0.0948. The minimum Gasteiger partial charge on any atom is -0.366 e. The van der Waals surface area contributed by atoms with Crippen LogP contribution >= 0.6 is 0 Å². The third-order valence-corrected chi connectivity index (χ3v) is 5.46. The van der Waals surface area contributed by atoms with Crippen molar-refractivity contribution >= 4 is 22.6 Å². The number of fused-ring (bicyclic) bond motifs is 1. The normalized spacial score (nSPS) is 15.3. The second kappa shape index (κ2) is 8.87. The summed E-state index contributed by atoms with van der Waals surface area (Å²) in [6, 6.07) is 12.2. The quantitative estimate of drug-likeness (QED) is 0.566. The van der Waals surface area contributed by atoms with Gasteiger partial charge in [0, 0.05) is 29.7 Å². The van der Waals surface area contributed by atoms with E-state index in [1.54, 1.807) is 6.07 Å². The number of H-pyrrole nitrogens is 1. The largest absolute Gasteiger partial charge is 0.366 e. The molecule has 1 saturated carbocycles. The molecule has 6 nitrogen and oxygen atoms in total. The van der Waals surface area contributed by atoms with Crippen LogP contribution in [0.5, 0.6) is 0 Å². The Labute approximate surface area is 165 Å². The zero-order chi connectivity index (χ0) is 19.2. The molecule has 1 aromatic carbocycles. The summed E-state index contributed by atoms with van der Waals surface area (Å²) in [7, 11) is 0. The highest BCUT2D eigenvalue weighted by Crippen LogP contribution is 2.20. The van der Waals surface area contributed by atoms with Gasteiger partial charge >= 0.3 is 0 Å². The van der Waals surface area contributed by atoms with E-state index in [2.05, 4.69) is 37.9 Å². The van der Waals surface area contributed by atoms with E-state index in [1.807, 2.05) is 24.4 Å². The van der Waals surface area contributed by atoms with Crippen LogP contribution in [0, 0.1) is 0 Å². The zero-order valence-electron chi connectivity index (χ0n) is 16.1. The molecule has 0 spiro atoms. The maximum absolute atomic E-state index is 12.3. The monoisotopic (exact) mass is 377 g/mol. The fourth-order valence-electron chi connectivity index (χ4n) is 3.90. The molecule has 0 atom stereocenters. The molecule has 3 aromatic rings. The lowest BCUT2D eigenvalue weighted by Gasteiger charge is -2.16. The maximum Gasteiger partial charge on any atom is 0.271 e. The first-order valence-corrected chi connectivity index (χ1v) is 10.2. The van der Waals surface area contributed by atoms with Crippen LogP contribution in [-0.4, -0.2) is 33.7 Å². The first-order valence-electron chi connectivity index (χ1n) is 10.2. The Kier molecular flexibility index (Phi) is 5.85. The van der Waals surface area contributed by atoms with E-state index >= 15 is 0 Å². The van der Waals surface area contributed by atoms with E-state index < -0.39 is 0 Å². The Morgan fingerprint density at radius 1 is 1.04 bits per heavy atom. The molecule has 0 saturated heterocycles. The number of hydrogen-bond donors (Lipinski definition) is 3. The molecule has 0 bridgehead atoms. The number of aromatic nitrogens is 3. The number of benzene rings is 1. The Hall–Kier alpha value is -2.89. The van der Waals surface area contributed by atoms with Crippen molar-refractivity contribution < 1.29 is 4.79 Å². The Morgan fingerprint density at radius 3 is 2.64 bits per heavy atom. The summed E-state index contributed by atoms with van der Waals surface area (Å²) in [5.74, 6) is 0.565. The van der Waals surface area contributed by atoms with Crippen LogP contribution < -0.4 is 10.6 Å². The molecule has 4 rings (SSSR count). The summed E-state index contributed by atoms with van der Waals surface area (Å²) in [5, 5.41) is 15.9. The van der Waals surface area contributed by atoms with E-state index in [0.29, 0.717) is 18.3 Å². The van der Waals surface area contributed by atoms with Gasteiger partial charge in [0.1, 0.15) is 5.82 Å². The van der Waals surface area contributed by atoms with Crippen molar-refractivity contribution in [1.82, 2.24) is 20.5 Å². The van der Waals surface area contributed by atoms with Crippen molar-refractivity contribution in [1.29, 1.82) is 0 Å². The molecule has 1 fully saturated rings. The molecule has 28 heavy (non-hydrogen) atoms. The number of amides is 1. The second-order valence-corrected chi connectivity index (χ2v) is 7.50.